The predicted octanol–water partition coefficient (Wildman–Crippen LogP) is 1.87. The first-order valence-electron chi connectivity index (χ1n) is 5.02. The van der Waals surface area contributed by atoms with Crippen LogP contribution in [0.1, 0.15) is 17.1 Å². The summed E-state index contributed by atoms with van der Waals surface area (Å²) < 4.78 is 0. The Morgan fingerprint density at radius 2 is 2.06 bits per heavy atom. The summed E-state index contributed by atoms with van der Waals surface area (Å²) in [4.78, 5) is 19.1. The maximum absolute atomic E-state index is 10.6. The third kappa shape index (κ3) is 1.86. The van der Waals surface area contributed by atoms with Crippen LogP contribution in [-0.2, 0) is 11.2 Å². The number of rotatable bonds is 2. The molecule has 0 aliphatic carbocycles. The van der Waals surface area contributed by atoms with Gasteiger partial charge in [-0.05, 0) is 19.4 Å². The summed E-state index contributed by atoms with van der Waals surface area (Å²) >= 11 is 0. The first kappa shape index (κ1) is 10.5. The number of benzene rings is 1. The van der Waals surface area contributed by atoms with Crippen molar-refractivity contribution in [2.45, 2.75) is 20.3 Å². The Morgan fingerprint density at radius 1 is 1.31 bits per heavy atom. The van der Waals surface area contributed by atoms with Crippen LogP contribution in [-0.4, -0.2) is 21.0 Å². The molecule has 4 nitrogen and oxygen atoms in total. The number of aryl methyl sites for hydroxylation is 2. The molecule has 0 fully saturated rings. The molecule has 2 rings (SSSR count). The largest absolute Gasteiger partial charge is 0.481 e. The number of aromatic nitrogens is 2. The minimum absolute atomic E-state index is 0.134. The lowest BCUT2D eigenvalue weighted by atomic mass is 10.1. The number of nitrogens with zero attached hydrogens (tertiary/aromatic N) is 2. The number of aliphatic carboxylic acids is 1. The van der Waals surface area contributed by atoms with Crippen LogP contribution in [0, 0.1) is 13.8 Å². The highest BCUT2D eigenvalue weighted by Gasteiger charge is 2.08. The molecule has 4 heteroatoms. The lowest BCUT2D eigenvalue weighted by Crippen LogP contribution is -2.06. The smallest absolute Gasteiger partial charge is 0.311 e. The Morgan fingerprint density at radius 3 is 2.75 bits per heavy atom. The highest BCUT2D eigenvalue weighted by Crippen LogP contribution is 2.18. The summed E-state index contributed by atoms with van der Waals surface area (Å²) in [7, 11) is 0. The summed E-state index contributed by atoms with van der Waals surface area (Å²) in [6.07, 6.45) is -0.134. The van der Waals surface area contributed by atoms with Gasteiger partial charge in [-0.2, -0.15) is 0 Å². The maximum atomic E-state index is 10.6. The van der Waals surface area contributed by atoms with Gasteiger partial charge >= 0.3 is 5.97 Å². The topological polar surface area (TPSA) is 63.1 Å². The van der Waals surface area contributed by atoms with Crippen molar-refractivity contribution >= 4 is 16.9 Å². The van der Waals surface area contributed by atoms with E-state index in [2.05, 4.69) is 9.97 Å². The molecule has 2 aromatic rings. The van der Waals surface area contributed by atoms with Crippen molar-refractivity contribution in [1.82, 2.24) is 9.97 Å². The van der Waals surface area contributed by atoms with E-state index < -0.39 is 5.97 Å². The van der Waals surface area contributed by atoms with E-state index in [1.54, 1.807) is 0 Å². The van der Waals surface area contributed by atoms with Crippen molar-refractivity contribution in [3.63, 3.8) is 0 Å². The number of carbonyl (C=O) groups is 1. The monoisotopic (exact) mass is 216 g/mol. The minimum atomic E-state index is -0.910. The van der Waals surface area contributed by atoms with Crippen LogP contribution in [0.2, 0.25) is 0 Å². The fourth-order valence-corrected chi connectivity index (χ4v) is 1.72. The maximum Gasteiger partial charge on any atom is 0.311 e. The average molecular weight is 216 g/mol. The summed E-state index contributed by atoms with van der Waals surface area (Å²) in [5, 5.41) is 9.70. The third-order valence-electron chi connectivity index (χ3n) is 2.47. The van der Waals surface area contributed by atoms with Gasteiger partial charge in [0.2, 0.25) is 0 Å². The highest BCUT2D eigenvalue weighted by atomic mass is 16.4. The zero-order chi connectivity index (χ0) is 11.7. The van der Waals surface area contributed by atoms with Crippen molar-refractivity contribution < 1.29 is 9.90 Å². The van der Waals surface area contributed by atoms with Crippen molar-refractivity contribution in [3.8, 4) is 0 Å². The molecule has 0 spiro atoms. The summed E-state index contributed by atoms with van der Waals surface area (Å²) in [5.41, 5.74) is 2.70. The molecule has 0 saturated heterocycles. The molecular weight excluding hydrogens is 204 g/mol. The number of para-hydroxylation sites is 1. The number of hydrogen-bond acceptors (Lipinski definition) is 3. The summed E-state index contributed by atoms with van der Waals surface area (Å²) in [6, 6.07) is 5.85. The fraction of sp³-hybridized carbons (Fsp3) is 0.250. The van der Waals surface area contributed by atoms with Crippen LogP contribution >= 0.6 is 0 Å². The van der Waals surface area contributed by atoms with Crippen LogP contribution in [0.3, 0.4) is 0 Å². The van der Waals surface area contributed by atoms with E-state index in [0.29, 0.717) is 5.82 Å². The summed E-state index contributed by atoms with van der Waals surface area (Å²) in [5.74, 6) is -0.542. The molecule has 1 aromatic heterocycles. The van der Waals surface area contributed by atoms with Gasteiger partial charge in [0.05, 0.1) is 5.52 Å². The van der Waals surface area contributed by atoms with E-state index in [9.17, 15) is 4.79 Å². The number of carboxylic acids is 1. The Balaban J connectivity index is 2.65. The van der Waals surface area contributed by atoms with Gasteiger partial charge in [0.25, 0.3) is 0 Å². The molecule has 1 heterocycles. The zero-order valence-corrected chi connectivity index (χ0v) is 9.19. The van der Waals surface area contributed by atoms with Gasteiger partial charge in [0, 0.05) is 11.1 Å². The van der Waals surface area contributed by atoms with E-state index in [1.807, 2.05) is 32.0 Å². The van der Waals surface area contributed by atoms with Gasteiger partial charge in [0.15, 0.2) is 0 Å². The number of carboxylic acid groups (broad SMARTS) is 1. The SMILES string of the molecule is Cc1nc(CC(=O)O)nc2c(C)cccc12. The molecule has 1 aromatic carbocycles. The molecule has 0 amide bonds. The van der Waals surface area contributed by atoms with E-state index in [4.69, 9.17) is 5.11 Å². The second-order valence-corrected chi connectivity index (χ2v) is 3.77. The van der Waals surface area contributed by atoms with Crippen LogP contribution in [0.4, 0.5) is 0 Å². The average Bonchev–Trinajstić information content (AvgIpc) is 2.19. The molecule has 0 saturated carbocycles. The second kappa shape index (κ2) is 3.89. The number of fused-ring (bicyclic) bond motifs is 1. The Kier molecular flexibility index (Phi) is 2.56. The minimum Gasteiger partial charge on any atom is -0.481 e. The zero-order valence-electron chi connectivity index (χ0n) is 9.19. The van der Waals surface area contributed by atoms with Crippen LogP contribution in [0.15, 0.2) is 18.2 Å². The van der Waals surface area contributed by atoms with Crippen molar-refractivity contribution in [2.24, 2.45) is 0 Å². The lowest BCUT2D eigenvalue weighted by molar-refractivity contribution is -0.136. The van der Waals surface area contributed by atoms with Crippen molar-refractivity contribution in [3.05, 3.63) is 35.3 Å². The second-order valence-electron chi connectivity index (χ2n) is 3.77. The predicted molar refractivity (Wildman–Crippen MR) is 60.4 cm³/mol. The quantitative estimate of drug-likeness (QED) is 0.832. The first-order chi connectivity index (χ1) is 7.58. The highest BCUT2D eigenvalue weighted by molar-refractivity contribution is 5.84. The molecule has 0 aliphatic heterocycles. The third-order valence-corrected chi connectivity index (χ3v) is 2.47. The van der Waals surface area contributed by atoms with Crippen molar-refractivity contribution in [2.75, 3.05) is 0 Å². The first-order valence-corrected chi connectivity index (χ1v) is 5.02. The van der Waals surface area contributed by atoms with Gasteiger partial charge in [-0.1, -0.05) is 18.2 Å². The molecule has 1 N–H and O–H groups in total. The molecule has 82 valence electrons. The van der Waals surface area contributed by atoms with E-state index >= 15 is 0 Å². The molecule has 0 atom stereocenters. The molecule has 0 radical (unpaired) electrons. The van der Waals surface area contributed by atoms with Crippen LogP contribution in [0.5, 0.6) is 0 Å². The standard InChI is InChI=1S/C12H12N2O2/c1-7-4-3-5-9-8(2)13-10(6-11(15)16)14-12(7)9/h3-5H,6H2,1-2H3,(H,15,16). The van der Waals surface area contributed by atoms with E-state index in [-0.39, 0.29) is 6.42 Å². The van der Waals surface area contributed by atoms with Gasteiger partial charge in [-0.25, -0.2) is 9.97 Å². The fourth-order valence-electron chi connectivity index (χ4n) is 1.72. The van der Waals surface area contributed by atoms with Crippen LogP contribution < -0.4 is 0 Å². The van der Waals surface area contributed by atoms with Gasteiger partial charge in [-0.3, -0.25) is 4.79 Å². The Labute approximate surface area is 93.0 Å². The normalized spacial score (nSPS) is 10.6. The van der Waals surface area contributed by atoms with E-state index in [1.165, 1.54) is 0 Å². The van der Waals surface area contributed by atoms with E-state index in [0.717, 1.165) is 22.2 Å². The van der Waals surface area contributed by atoms with Gasteiger partial charge in [0.1, 0.15) is 12.2 Å². The Bertz CT molecular complexity index is 564. The molecular formula is C12H12N2O2. The molecule has 0 bridgehead atoms. The summed E-state index contributed by atoms with van der Waals surface area (Å²) in [6.45, 7) is 3.83. The van der Waals surface area contributed by atoms with Gasteiger partial charge < -0.3 is 5.11 Å². The lowest BCUT2D eigenvalue weighted by Gasteiger charge is -2.06. The van der Waals surface area contributed by atoms with Crippen molar-refractivity contribution in [1.29, 1.82) is 0 Å². The number of hydrogen-bond donors (Lipinski definition) is 1. The molecule has 0 aliphatic rings. The van der Waals surface area contributed by atoms with Crippen LogP contribution in [0.25, 0.3) is 10.9 Å². The van der Waals surface area contributed by atoms with Gasteiger partial charge in [-0.15, -0.1) is 0 Å². The molecule has 0 unspecified atom stereocenters. The Hall–Kier alpha value is -1.97. The molecule has 16 heavy (non-hydrogen) atoms.